The number of aromatic nitrogens is 2. The van der Waals surface area contributed by atoms with Crippen molar-refractivity contribution < 1.29 is 4.52 Å². The quantitative estimate of drug-likeness (QED) is 0.551. The van der Waals surface area contributed by atoms with Gasteiger partial charge >= 0.3 is 0 Å². The molecule has 2 N–H and O–H groups in total. The molecule has 3 rings (SSSR count). The van der Waals surface area contributed by atoms with Gasteiger partial charge in [-0.15, -0.1) is 11.8 Å². The molecule has 21 heavy (non-hydrogen) atoms. The SMILES string of the molecule is Nc1cc(Br)ccc1SCc1noc(-c2ccccc2)n1. The Hall–Kier alpha value is -1.79. The minimum atomic E-state index is 0.537. The summed E-state index contributed by atoms with van der Waals surface area (Å²) in [5.74, 6) is 1.80. The van der Waals surface area contributed by atoms with Gasteiger partial charge in [-0.25, -0.2) is 0 Å². The lowest BCUT2D eigenvalue weighted by molar-refractivity contribution is 0.425. The molecule has 0 unspecified atom stereocenters. The zero-order valence-corrected chi connectivity index (χ0v) is 13.4. The Morgan fingerprint density at radius 1 is 1.14 bits per heavy atom. The highest BCUT2D eigenvalue weighted by atomic mass is 79.9. The molecule has 0 radical (unpaired) electrons. The molecule has 0 spiro atoms. The maximum atomic E-state index is 5.97. The third-order valence-electron chi connectivity index (χ3n) is 2.82. The smallest absolute Gasteiger partial charge is 0.257 e. The highest BCUT2D eigenvalue weighted by Gasteiger charge is 2.09. The molecular weight excluding hydrogens is 350 g/mol. The van der Waals surface area contributed by atoms with Crippen molar-refractivity contribution in [3.8, 4) is 11.5 Å². The Balaban J connectivity index is 1.70. The fraction of sp³-hybridized carbons (Fsp3) is 0.0667. The van der Waals surface area contributed by atoms with E-state index in [0.717, 1.165) is 20.6 Å². The van der Waals surface area contributed by atoms with Crippen molar-refractivity contribution in [2.45, 2.75) is 10.6 Å². The van der Waals surface area contributed by atoms with Gasteiger partial charge < -0.3 is 10.3 Å². The van der Waals surface area contributed by atoms with Crippen LogP contribution in [0.1, 0.15) is 5.82 Å². The third-order valence-corrected chi connectivity index (χ3v) is 4.40. The van der Waals surface area contributed by atoms with Crippen LogP contribution < -0.4 is 5.73 Å². The van der Waals surface area contributed by atoms with Gasteiger partial charge in [-0.2, -0.15) is 4.98 Å². The lowest BCUT2D eigenvalue weighted by Crippen LogP contribution is -1.90. The number of halogens is 1. The summed E-state index contributed by atoms with van der Waals surface area (Å²) in [7, 11) is 0. The molecule has 0 bridgehead atoms. The van der Waals surface area contributed by atoms with Crippen molar-refractivity contribution >= 4 is 33.4 Å². The van der Waals surface area contributed by atoms with E-state index in [1.54, 1.807) is 11.8 Å². The van der Waals surface area contributed by atoms with E-state index in [-0.39, 0.29) is 0 Å². The van der Waals surface area contributed by atoms with E-state index in [1.165, 1.54) is 0 Å². The van der Waals surface area contributed by atoms with Crippen molar-refractivity contribution in [1.29, 1.82) is 0 Å². The molecule has 0 aliphatic heterocycles. The molecule has 0 fully saturated rings. The summed E-state index contributed by atoms with van der Waals surface area (Å²) in [6.07, 6.45) is 0. The van der Waals surface area contributed by atoms with Crippen LogP contribution in [0.25, 0.3) is 11.5 Å². The second-order valence-electron chi connectivity index (χ2n) is 4.35. The molecule has 4 nitrogen and oxygen atoms in total. The van der Waals surface area contributed by atoms with Crippen LogP contribution in [0.3, 0.4) is 0 Å². The maximum absolute atomic E-state index is 5.97. The zero-order chi connectivity index (χ0) is 14.7. The minimum Gasteiger partial charge on any atom is -0.398 e. The van der Waals surface area contributed by atoms with Crippen molar-refractivity contribution in [3.63, 3.8) is 0 Å². The van der Waals surface area contributed by atoms with E-state index >= 15 is 0 Å². The summed E-state index contributed by atoms with van der Waals surface area (Å²) in [4.78, 5) is 5.40. The van der Waals surface area contributed by atoms with E-state index in [0.29, 0.717) is 17.5 Å². The molecule has 0 aliphatic carbocycles. The second kappa shape index (κ2) is 6.32. The number of hydrogen-bond acceptors (Lipinski definition) is 5. The molecule has 0 aliphatic rings. The fourth-order valence-electron chi connectivity index (χ4n) is 1.80. The predicted octanol–water partition coefficient (Wildman–Crippen LogP) is 4.37. The predicted molar refractivity (Wildman–Crippen MR) is 87.8 cm³/mol. The Bertz CT molecular complexity index is 746. The largest absolute Gasteiger partial charge is 0.398 e. The molecule has 0 amide bonds. The van der Waals surface area contributed by atoms with E-state index < -0.39 is 0 Å². The average molecular weight is 362 g/mol. The summed E-state index contributed by atoms with van der Waals surface area (Å²) < 4.78 is 6.24. The summed E-state index contributed by atoms with van der Waals surface area (Å²) in [6, 6.07) is 15.5. The minimum absolute atomic E-state index is 0.537. The van der Waals surface area contributed by atoms with Gasteiger partial charge in [0.15, 0.2) is 5.82 Å². The first-order chi connectivity index (χ1) is 10.2. The number of rotatable bonds is 4. The molecule has 6 heteroatoms. The van der Waals surface area contributed by atoms with E-state index in [9.17, 15) is 0 Å². The van der Waals surface area contributed by atoms with Gasteiger partial charge in [0.05, 0.1) is 5.75 Å². The van der Waals surface area contributed by atoms with Gasteiger partial charge in [-0.05, 0) is 30.3 Å². The van der Waals surface area contributed by atoms with Crippen LogP contribution in [0.2, 0.25) is 0 Å². The zero-order valence-electron chi connectivity index (χ0n) is 11.0. The standard InChI is InChI=1S/C15H12BrN3OS/c16-11-6-7-13(12(17)8-11)21-9-14-18-15(20-19-14)10-4-2-1-3-5-10/h1-8H,9,17H2. The molecule has 0 saturated heterocycles. The van der Waals surface area contributed by atoms with Crippen molar-refractivity contribution in [1.82, 2.24) is 10.1 Å². The number of thioether (sulfide) groups is 1. The molecule has 0 atom stereocenters. The average Bonchev–Trinajstić information content (AvgIpc) is 2.96. The summed E-state index contributed by atoms with van der Waals surface area (Å²) in [6.45, 7) is 0. The van der Waals surface area contributed by atoms with Gasteiger partial charge in [0.25, 0.3) is 5.89 Å². The van der Waals surface area contributed by atoms with Crippen LogP contribution in [0.5, 0.6) is 0 Å². The topological polar surface area (TPSA) is 64.9 Å². The van der Waals surface area contributed by atoms with E-state index in [1.807, 2.05) is 48.5 Å². The molecular formula is C15H12BrN3OS. The molecule has 2 aromatic carbocycles. The Morgan fingerprint density at radius 3 is 2.71 bits per heavy atom. The van der Waals surface area contributed by atoms with Crippen LogP contribution >= 0.6 is 27.7 Å². The van der Waals surface area contributed by atoms with Crippen LogP contribution in [0.15, 0.2) is 62.4 Å². The maximum Gasteiger partial charge on any atom is 0.257 e. The lowest BCUT2D eigenvalue weighted by Gasteiger charge is -2.03. The van der Waals surface area contributed by atoms with Crippen molar-refractivity contribution in [2.24, 2.45) is 0 Å². The highest BCUT2D eigenvalue weighted by molar-refractivity contribution is 9.10. The van der Waals surface area contributed by atoms with Gasteiger partial charge in [0, 0.05) is 20.6 Å². The number of nitrogens with zero attached hydrogens (tertiary/aromatic N) is 2. The number of nitrogens with two attached hydrogens (primary N) is 1. The Morgan fingerprint density at radius 2 is 1.95 bits per heavy atom. The summed E-state index contributed by atoms with van der Waals surface area (Å²) in [5.41, 5.74) is 7.62. The van der Waals surface area contributed by atoms with Gasteiger partial charge in [-0.3, -0.25) is 0 Å². The molecule has 106 valence electrons. The fourth-order valence-corrected chi connectivity index (χ4v) is 2.97. The van der Waals surface area contributed by atoms with Crippen LogP contribution in [0.4, 0.5) is 5.69 Å². The van der Waals surface area contributed by atoms with Gasteiger partial charge in [-0.1, -0.05) is 39.3 Å². The van der Waals surface area contributed by atoms with E-state index in [4.69, 9.17) is 10.3 Å². The number of anilines is 1. The Kier molecular flexibility index (Phi) is 4.26. The number of nitrogen functional groups attached to an aromatic ring is 1. The van der Waals surface area contributed by atoms with Crippen molar-refractivity contribution in [3.05, 3.63) is 58.8 Å². The van der Waals surface area contributed by atoms with Crippen molar-refractivity contribution in [2.75, 3.05) is 5.73 Å². The van der Waals surface area contributed by atoms with Crippen LogP contribution in [-0.2, 0) is 5.75 Å². The molecule has 1 aromatic heterocycles. The van der Waals surface area contributed by atoms with Gasteiger partial charge in [0.1, 0.15) is 0 Å². The van der Waals surface area contributed by atoms with Gasteiger partial charge in [0.2, 0.25) is 0 Å². The van der Waals surface area contributed by atoms with Crippen LogP contribution in [-0.4, -0.2) is 10.1 Å². The first-order valence-corrected chi connectivity index (χ1v) is 8.06. The molecule has 3 aromatic rings. The summed E-state index contributed by atoms with van der Waals surface area (Å²) in [5, 5.41) is 4.00. The first-order valence-electron chi connectivity index (χ1n) is 6.28. The highest BCUT2D eigenvalue weighted by Crippen LogP contribution is 2.30. The third kappa shape index (κ3) is 3.46. The number of hydrogen-bond donors (Lipinski definition) is 1. The Labute approximate surface area is 134 Å². The summed E-state index contributed by atoms with van der Waals surface area (Å²) >= 11 is 4.98. The monoisotopic (exact) mass is 361 g/mol. The molecule has 1 heterocycles. The molecule has 0 saturated carbocycles. The lowest BCUT2D eigenvalue weighted by atomic mass is 10.2. The van der Waals surface area contributed by atoms with Crippen LogP contribution in [0, 0.1) is 0 Å². The van der Waals surface area contributed by atoms with E-state index in [2.05, 4.69) is 26.1 Å². The first kappa shape index (κ1) is 14.2. The second-order valence-corrected chi connectivity index (χ2v) is 6.29. The number of benzene rings is 2. The normalized spacial score (nSPS) is 10.7.